The van der Waals surface area contributed by atoms with Gasteiger partial charge in [0.2, 0.25) is 0 Å². The Morgan fingerprint density at radius 2 is 2.25 bits per heavy atom. The zero-order chi connectivity index (χ0) is 12.0. The van der Waals surface area contributed by atoms with Gasteiger partial charge in [0.1, 0.15) is 5.82 Å². The van der Waals surface area contributed by atoms with Crippen LogP contribution in [0.15, 0.2) is 24.3 Å². The lowest BCUT2D eigenvalue weighted by Gasteiger charge is -2.29. The number of halogens is 1. The predicted octanol–water partition coefficient (Wildman–Crippen LogP) is 2.34. The Bertz CT molecular complexity index is 320. The molecule has 0 amide bonds. The summed E-state index contributed by atoms with van der Waals surface area (Å²) in [5.74, 6) is 0.867. The van der Waals surface area contributed by atoms with Crippen molar-refractivity contribution in [2.75, 3.05) is 30.5 Å². The first-order valence-electron chi connectivity index (χ1n) is 5.36. The van der Waals surface area contributed by atoms with Gasteiger partial charge in [0.05, 0.1) is 0 Å². The Balaban J connectivity index is 2.70. The van der Waals surface area contributed by atoms with E-state index in [-0.39, 0.29) is 11.9 Å². The highest BCUT2D eigenvalue weighted by molar-refractivity contribution is 7.98. The van der Waals surface area contributed by atoms with E-state index in [0.717, 1.165) is 17.9 Å². The smallest absolute Gasteiger partial charge is 0.125 e. The zero-order valence-electron chi connectivity index (χ0n) is 9.82. The van der Waals surface area contributed by atoms with E-state index >= 15 is 0 Å². The van der Waals surface area contributed by atoms with Gasteiger partial charge in [-0.3, -0.25) is 0 Å². The van der Waals surface area contributed by atoms with Gasteiger partial charge in [0.15, 0.2) is 0 Å². The number of nitrogens with zero attached hydrogens (tertiary/aromatic N) is 1. The average Bonchev–Trinajstić information content (AvgIpc) is 2.29. The highest BCUT2D eigenvalue weighted by atomic mass is 32.2. The van der Waals surface area contributed by atoms with Gasteiger partial charge in [0.25, 0.3) is 0 Å². The number of hydrogen-bond acceptors (Lipinski definition) is 3. The second kappa shape index (κ2) is 6.76. The first-order chi connectivity index (χ1) is 7.69. The molecule has 1 aromatic rings. The maximum atomic E-state index is 13.1. The molecule has 0 saturated carbocycles. The summed E-state index contributed by atoms with van der Waals surface area (Å²) in [5.41, 5.74) is 6.63. The molecule has 0 aliphatic heterocycles. The Morgan fingerprint density at radius 3 is 2.81 bits per heavy atom. The quantitative estimate of drug-likeness (QED) is 0.830. The Kier molecular flexibility index (Phi) is 5.63. The van der Waals surface area contributed by atoms with E-state index < -0.39 is 0 Å². The molecule has 0 fully saturated rings. The minimum atomic E-state index is -0.204. The van der Waals surface area contributed by atoms with E-state index in [1.165, 1.54) is 6.07 Å². The van der Waals surface area contributed by atoms with Gasteiger partial charge >= 0.3 is 0 Å². The number of nitrogens with two attached hydrogens (primary N) is 1. The molecule has 0 aromatic heterocycles. The normalized spacial score (nSPS) is 12.5. The lowest BCUT2D eigenvalue weighted by Crippen LogP contribution is -2.38. The van der Waals surface area contributed by atoms with E-state index in [0.29, 0.717) is 6.54 Å². The molecule has 0 aliphatic carbocycles. The van der Waals surface area contributed by atoms with Crippen molar-refractivity contribution in [3.8, 4) is 0 Å². The van der Waals surface area contributed by atoms with Crippen LogP contribution < -0.4 is 10.6 Å². The van der Waals surface area contributed by atoms with E-state index in [1.54, 1.807) is 23.9 Å². The number of anilines is 1. The van der Waals surface area contributed by atoms with Crippen LogP contribution in [-0.2, 0) is 0 Å². The highest BCUT2D eigenvalue weighted by Gasteiger charge is 2.13. The molecule has 2 N–H and O–H groups in total. The third kappa shape index (κ3) is 3.68. The summed E-state index contributed by atoms with van der Waals surface area (Å²) in [6.07, 6.45) is 3.10. The fraction of sp³-hybridized carbons (Fsp3) is 0.500. The molecule has 4 heteroatoms. The molecule has 0 spiro atoms. The SMILES string of the molecule is CSCCC(CN)N(C)c1cccc(F)c1. The second-order valence-electron chi connectivity index (χ2n) is 3.76. The van der Waals surface area contributed by atoms with Crippen LogP contribution in [0.25, 0.3) is 0 Å². The van der Waals surface area contributed by atoms with E-state index in [2.05, 4.69) is 11.2 Å². The summed E-state index contributed by atoms with van der Waals surface area (Å²) < 4.78 is 13.1. The van der Waals surface area contributed by atoms with Crippen molar-refractivity contribution in [2.24, 2.45) is 5.73 Å². The molecule has 16 heavy (non-hydrogen) atoms. The molecule has 1 unspecified atom stereocenters. The number of benzene rings is 1. The largest absolute Gasteiger partial charge is 0.370 e. The van der Waals surface area contributed by atoms with Crippen LogP contribution in [0.5, 0.6) is 0 Å². The van der Waals surface area contributed by atoms with Crippen molar-refractivity contribution in [1.82, 2.24) is 0 Å². The maximum Gasteiger partial charge on any atom is 0.125 e. The molecule has 2 nitrogen and oxygen atoms in total. The van der Waals surface area contributed by atoms with Crippen LogP contribution >= 0.6 is 11.8 Å². The lowest BCUT2D eigenvalue weighted by molar-refractivity contribution is 0.610. The summed E-state index contributed by atoms with van der Waals surface area (Å²) in [6, 6.07) is 6.90. The van der Waals surface area contributed by atoms with E-state index in [4.69, 9.17) is 5.73 Å². The zero-order valence-corrected chi connectivity index (χ0v) is 10.6. The number of rotatable bonds is 6. The van der Waals surface area contributed by atoms with Crippen molar-refractivity contribution in [3.05, 3.63) is 30.1 Å². The van der Waals surface area contributed by atoms with Gasteiger partial charge < -0.3 is 10.6 Å². The average molecular weight is 242 g/mol. The van der Waals surface area contributed by atoms with Gasteiger partial charge in [-0.05, 0) is 36.6 Å². The maximum absolute atomic E-state index is 13.1. The van der Waals surface area contributed by atoms with Gasteiger partial charge in [-0.25, -0.2) is 4.39 Å². The molecule has 90 valence electrons. The lowest BCUT2D eigenvalue weighted by atomic mass is 10.1. The van der Waals surface area contributed by atoms with Gasteiger partial charge in [0, 0.05) is 25.3 Å². The van der Waals surface area contributed by atoms with Crippen molar-refractivity contribution < 1.29 is 4.39 Å². The summed E-state index contributed by atoms with van der Waals surface area (Å²) in [5, 5.41) is 0. The topological polar surface area (TPSA) is 29.3 Å². The standard InChI is InChI=1S/C12H19FN2S/c1-15(12(9-14)6-7-16-2)11-5-3-4-10(13)8-11/h3-5,8,12H,6-7,9,14H2,1-2H3. The van der Waals surface area contributed by atoms with Crippen LogP contribution in [0.2, 0.25) is 0 Å². The van der Waals surface area contributed by atoms with Crippen LogP contribution in [0.4, 0.5) is 10.1 Å². The molecule has 1 atom stereocenters. The van der Waals surface area contributed by atoms with Gasteiger partial charge in [-0.15, -0.1) is 0 Å². The van der Waals surface area contributed by atoms with Crippen molar-refractivity contribution in [1.29, 1.82) is 0 Å². The molecular formula is C12H19FN2S. The van der Waals surface area contributed by atoms with Crippen molar-refractivity contribution >= 4 is 17.4 Å². The van der Waals surface area contributed by atoms with Crippen LogP contribution in [-0.4, -0.2) is 31.6 Å². The first kappa shape index (κ1) is 13.3. The molecule has 0 radical (unpaired) electrons. The molecule has 0 bridgehead atoms. The Labute approximate surface area is 101 Å². The van der Waals surface area contributed by atoms with Crippen molar-refractivity contribution in [3.63, 3.8) is 0 Å². The van der Waals surface area contributed by atoms with E-state index in [1.807, 2.05) is 13.1 Å². The van der Waals surface area contributed by atoms with Crippen LogP contribution in [0.1, 0.15) is 6.42 Å². The first-order valence-corrected chi connectivity index (χ1v) is 6.75. The number of likely N-dealkylation sites (N-methyl/N-ethyl adjacent to an activating group) is 1. The summed E-state index contributed by atoms with van der Waals surface area (Å²) in [7, 11) is 1.96. The van der Waals surface area contributed by atoms with Gasteiger partial charge in [-0.2, -0.15) is 11.8 Å². The van der Waals surface area contributed by atoms with E-state index in [9.17, 15) is 4.39 Å². The third-order valence-corrected chi connectivity index (χ3v) is 3.33. The number of hydrogen-bond donors (Lipinski definition) is 1. The fourth-order valence-corrected chi connectivity index (χ4v) is 2.14. The fourth-order valence-electron chi connectivity index (χ4n) is 1.63. The Hall–Kier alpha value is -0.740. The molecule has 1 rings (SSSR count). The highest BCUT2D eigenvalue weighted by Crippen LogP contribution is 2.18. The van der Waals surface area contributed by atoms with Crippen molar-refractivity contribution in [2.45, 2.75) is 12.5 Å². The predicted molar refractivity (Wildman–Crippen MR) is 70.6 cm³/mol. The molecule has 1 aromatic carbocycles. The number of thioether (sulfide) groups is 1. The summed E-state index contributed by atoms with van der Waals surface area (Å²) in [6.45, 7) is 0.591. The molecule has 0 saturated heterocycles. The molecule has 0 heterocycles. The molecular weight excluding hydrogens is 223 g/mol. The second-order valence-corrected chi connectivity index (χ2v) is 4.75. The van der Waals surface area contributed by atoms with Crippen LogP contribution in [0, 0.1) is 5.82 Å². The minimum absolute atomic E-state index is 0.204. The third-order valence-electron chi connectivity index (χ3n) is 2.69. The minimum Gasteiger partial charge on any atom is -0.370 e. The Morgan fingerprint density at radius 1 is 1.50 bits per heavy atom. The molecule has 0 aliphatic rings. The van der Waals surface area contributed by atoms with Crippen LogP contribution in [0.3, 0.4) is 0 Å². The summed E-state index contributed by atoms with van der Waals surface area (Å²) >= 11 is 1.80. The summed E-state index contributed by atoms with van der Waals surface area (Å²) in [4.78, 5) is 2.05. The monoisotopic (exact) mass is 242 g/mol. The van der Waals surface area contributed by atoms with Gasteiger partial charge in [-0.1, -0.05) is 6.07 Å².